The van der Waals surface area contributed by atoms with Crippen LogP contribution in [0, 0.1) is 11.3 Å². The second-order valence-corrected chi connectivity index (χ2v) is 6.83. The van der Waals surface area contributed by atoms with Crippen LogP contribution in [-0.2, 0) is 6.54 Å². The molecular formula is C23H19N5O3. The summed E-state index contributed by atoms with van der Waals surface area (Å²) in [6.45, 7) is 0.600. The van der Waals surface area contributed by atoms with Gasteiger partial charge in [-0.15, -0.1) is 0 Å². The molecule has 2 heterocycles. The quantitative estimate of drug-likeness (QED) is 0.523. The van der Waals surface area contributed by atoms with Crippen molar-refractivity contribution in [2.75, 3.05) is 13.7 Å². The van der Waals surface area contributed by atoms with Crippen LogP contribution in [0.15, 0.2) is 71.8 Å². The number of hydrogen-bond acceptors (Lipinski definition) is 5. The van der Waals surface area contributed by atoms with E-state index in [1.807, 2.05) is 30.3 Å². The van der Waals surface area contributed by atoms with Crippen LogP contribution in [0.5, 0.6) is 5.75 Å². The molecule has 1 amide bonds. The van der Waals surface area contributed by atoms with Crippen LogP contribution in [0.4, 0.5) is 0 Å². The maximum absolute atomic E-state index is 12.8. The molecule has 4 rings (SSSR count). The van der Waals surface area contributed by atoms with Crippen molar-refractivity contribution < 1.29 is 9.53 Å². The maximum Gasteiger partial charge on any atom is 0.276 e. The molecule has 0 unspecified atom stereocenters. The lowest BCUT2D eigenvalue weighted by Gasteiger charge is -2.08. The molecule has 4 aromatic rings. The number of nitrogens with one attached hydrogen (secondary N) is 1. The summed E-state index contributed by atoms with van der Waals surface area (Å²) in [6.07, 6.45) is 3.36. The third-order valence-electron chi connectivity index (χ3n) is 4.88. The van der Waals surface area contributed by atoms with Gasteiger partial charge in [-0.25, -0.2) is 4.52 Å². The zero-order chi connectivity index (χ0) is 21.8. The second kappa shape index (κ2) is 8.55. The van der Waals surface area contributed by atoms with Crippen molar-refractivity contribution in [1.29, 1.82) is 5.26 Å². The highest BCUT2D eigenvalue weighted by Crippen LogP contribution is 2.23. The summed E-state index contributed by atoms with van der Waals surface area (Å²) in [6, 6.07) is 17.6. The molecule has 154 valence electrons. The van der Waals surface area contributed by atoms with E-state index in [1.54, 1.807) is 54.4 Å². The number of carbonyl (C=O) groups excluding carboxylic acids is 1. The lowest BCUT2D eigenvalue weighted by molar-refractivity contribution is 0.0952. The smallest absolute Gasteiger partial charge is 0.276 e. The van der Waals surface area contributed by atoms with E-state index < -0.39 is 0 Å². The average molecular weight is 413 g/mol. The van der Waals surface area contributed by atoms with E-state index in [9.17, 15) is 9.59 Å². The second-order valence-electron chi connectivity index (χ2n) is 6.83. The monoisotopic (exact) mass is 413 g/mol. The molecule has 0 saturated heterocycles. The SMILES string of the molecule is COc1cccc(-c2cc3c(=O)n(CCNC(=O)c4ccc(C#N)cc4)ccn3n2)c1. The standard InChI is InChI=1S/C23H19N5O3/c1-31-19-4-2-3-18(13-19)20-14-21-23(30)27(11-12-28(21)26-20)10-9-25-22(29)17-7-5-16(15-24)6-8-17/h2-8,11-14H,9-10H2,1H3,(H,25,29). The van der Waals surface area contributed by atoms with E-state index in [-0.39, 0.29) is 18.0 Å². The van der Waals surface area contributed by atoms with Crippen molar-refractivity contribution in [1.82, 2.24) is 19.5 Å². The van der Waals surface area contributed by atoms with E-state index in [0.29, 0.717) is 34.6 Å². The van der Waals surface area contributed by atoms with Crippen LogP contribution in [0.3, 0.4) is 0 Å². The largest absolute Gasteiger partial charge is 0.497 e. The molecule has 0 atom stereocenters. The molecule has 2 aromatic heterocycles. The van der Waals surface area contributed by atoms with Gasteiger partial charge in [-0.1, -0.05) is 12.1 Å². The number of benzene rings is 2. The van der Waals surface area contributed by atoms with E-state index >= 15 is 0 Å². The molecule has 0 aliphatic rings. The number of fused-ring (bicyclic) bond motifs is 1. The number of ether oxygens (including phenoxy) is 1. The van der Waals surface area contributed by atoms with Crippen molar-refractivity contribution in [2.24, 2.45) is 0 Å². The van der Waals surface area contributed by atoms with Gasteiger partial charge >= 0.3 is 0 Å². The Kier molecular flexibility index (Phi) is 5.49. The Balaban J connectivity index is 1.48. The number of nitrogens with zero attached hydrogens (tertiary/aromatic N) is 4. The molecule has 8 heteroatoms. The van der Waals surface area contributed by atoms with Crippen molar-refractivity contribution in [2.45, 2.75) is 6.54 Å². The van der Waals surface area contributed by atoms with Gasteiger partial charge in [0.15, 0.2) is 0 Å². The molecule has 0 saturated carbocycles. The first kappa shape index (κ1) is 19.9. The number of nitriles is 1. The van der Waals surface area contributed by atoms with Gasteiger partial charge in [-0.2, -0.15) is 10.4 Å². The predicted octanol–water partition coefficient (Wildman–Crippen LogP) is 2.47. The number of hydrogen-bond donors (Lipinski definition) is 1. The molecule has 8 nitrogen and oxygen atoms in total. The number of carbonyl (C=O) groups is 1. The molecular weight excluding hydrogens is 394 g/mol. The van der Waals surface area contributed by atoms with Crippen LogP contribution in [0.2, 0.25) is 0 Å². The van der Waals surface area contributed by atoms with Crippen molar-refractivity contribution >= 4 is 11.4 Å². The Bertz CT molecular complexity index is 1350. The van der Waals surface area contributed by atoms with Crippen LogP contribution in [0.25, 0.3) is 16.8 Å². The molecule has 0 fully saturated rings. The summed E-state index contributed by atoms with van der Waals surface area (Å²) >= 11 is 0. The van der Waals surface area contributed by atoms with Gasteiger partial charge in [0, 0.05) is 36.6 Å². The number of aromatic nitrogens is 3. The van der Waals surface area contributed by atoms with Crippen molar-refractivity contribution in [3.05, 3.63) is 88.5 Å². The highest BCUT2D eigenvalue weighted by Gasteiger charge is 2.10. The Morgan fingerprint density at radius 1 is 1.16 bits per heavy atom. The van der Waals surface area contributed by atoms with Crippen LogP contribution in [0.1, 0.15) is 15.9 Å². The lowest BCUT2D eigenvalue weighted by atomic mass is 10.1. The van der Waals surface area contributed by atoms with Gasteiger partial charge in [0.05, 0.1) is 24.4 Å². The van der Waals surface area contributed by atoms with Crippen molar-refractivity contribution in [3.63, 3.8) is 0 Å². The Labute approximate surface area is 177 Å². The Morgan fingerprint density at radius 2 is 1.97 bits per heavy atom. The summed E-state index contributed by atoms with van der Waals surface area (Å²) < 4.78 is 8.33. The molecule has 1 N–H and O–H groups in total. The molecule has 31 heavy (non-hydrogen) atoms. The highest BCUT2D eigenvalue weighted by molar-refractivity contribution is 5.94. The minimum Gasteiger partial charge on any atom is -0.497 e. The molecule has 0 spiro atoms. The van der Waals surface area contributed by atoms with Gasteiger partial charge in [0.1, 0.15) is 11.3 Å². The van der Waals surface area contributed by atoms with Crippen LogP contribution < -0.4 is 15.6 Å². The topological polar surface area (TPSA) is 101 Å². The summed E-state index contributed by atoms with van der Waals surface area (Å²) in [5.41, 5.74) is 2.72. The van der Waals surface area contributed by atoms with E-state index in [4.69, 9.17) is 10.00 Å². The first-order valence-electron chi connectivity index (χ1n) is 9.60. The zero-order valence-electron chi connectivity index (χ0n) is 16.8. The average Bonchev–Trinajstić information content (AvgIpc) is 3.26. The summed E-state index contributed by atoms with van der Waals surface area (Å²) in [5, 5.41) is 16.1. The number of amides is 1. The first-order chi connectivity index (χ1) is 15.1. The van der Waals surface area contributed by atoms with Gasteiger partial charge in [0.2, 0.25) is 0 Å². The van der Waals surface area contributed by atoms with Crippen LogP contribution in [-0.4, -0.2) is 33.7 Å². The fraction of sp³-hybridized carbons (Fsp3) is 0.130. The van der Waals surface area contributed by atoms with E-state index in [2.05, 4.69) is 10.4 Å². The number of methoxy groups -OCH3 is 1. The third kappa shape index (κ3) is 4.16. The Morgan fingerprint density at radius 3 is 2.71 bits per heavy atom. The Hall–Kier alpha value is -4.38. The molecule has 0 aliphatic heterocycles. The predicted molar refractivity (Wildman–Crippen MR) is 115 cm³/mol. The van der Waals surface area contributed by atoms with Gasteiger partial charge in [-0.05, 0) is 42.5 Å². The summed E-state index contributed by atoms with van der Waals surface area (Å²) in [5.74, 6) is 0.452. The molecule has 0 bridgehead atoms. The summed E-state index contributed by atoms with van der Waals surface area (Å²) in [4.78, 5) is 25.1. The third-order valence-corrected chi connectivity index (χ3v) is 4.88. The zero-order valence-corrected chi connectivity index (χ0v) is 16.8. The van der Waals surface area contributed by atoms with Crippen LogP contribution >= 0.6 is 0 Å². The fourth-order valence-corrected chi connectivity index (χ4v) is 3.21. The molecule has 0 radical (unpaired) electrons. The molecule has 0 aliphatic carbocycles. The fourth-order valence-electron chi connectivity index (χ4n) is 3.21. The number of rotatable bonds is 6. The van der Waals surface area contributed by atoms with E-state index in [1.165, 1.54) is 4.57 Å². The lowest BCUT2D eigenvalue weighted by Crippen LogP contribution is -2.31. The maximum atomic E-state index is 12.8. The summed E-state index contributed by atoms with van der Waals surface area (Å²) in [7, 11) is 1.60. The molecule has 2 aromatic carbocycles. The highest BCUT2D eigenvalue weighted by atomic mass is 16.5. The normalized spacial score (nSPS) is 10.6. The van der Waals surface area contributed by atoms with E-state index in [0.717, 1.165) is 5.56 Å². The minimum absolute atomic E-state index is 0.197. The minimum atomic E-state index is -0.261. The van der Waals surface area contributed by atoms with Crippen molar-refractivity contribution in [3.8, 4) is 23.1 Å². The van der Waals surface area contributed by atoms with Gasteiger partial charge in [-0.3, -0.25) is 9.59 Å². The van der Waals surface area contributed by atoms with Gasteiger partial charge in [0.25, 0.3) is 11.5 Å². The first-order valence-corrected chi connectivity index (χ1v) is 9.60. The van der Waals surface area contributed by atoms with Gasteiger partial charge < -0.3 is 14.6 Å².